The number of carbonyl (C=O) groups excluding carboxylic acids is 1. The molecule has 0 saturated heterocycles. The van der Waals surface area contributed by atoms with Crippen LogP contribution < -0.4 is 16.3 Å². The molecule has 3 heterocycles. The SMILES string of the molecule is CC(C)Nc1nc(-c2cccc(C(=O)NCCc3ccccn3)c2)cn2c(=O)[nH]nc12. The van der Waals surface area contributed by atoms with Gasteiger partial charge in [0.1, 0.15) is 0 Å². The van der Waals surface area contributed by atoms with E-state index in [1.165, 1.54) is 4.40 Å². The van der Waals surface area contributed by atoms with Crippen LogP contribution in [0, 0.1) is 0 Å². The molecular formula is C22H23N7O2. The maximum absolute atomic E-state index is 12.6. The molecule has 0 spiro atoms. The molecule has 0 bridgehead atoms. The number of fused-ring (bicyclic) bond motifs is 1. The molecular weight excluding hydrogens is 394 g/mol. The van der Waals surface area contributed by atoms with E-state index in [0.717, 1.165) is 11.3 Å². The van der Waals surface area contributed by atoms with E-state index in [2.05, 4.69) is 30.8 Å². The van der Waals surface area contributed by atoms with Gasteiger partial charge in [-0.1, -0.05) is 18.2 Å². The Morgan fingerprint density at radius 3 is 2.84 bits per heavy atom. The molecule has 4 rings (SSSR count). The van der Waals surface area contributed by atoms with Crippen LogP contribution >= 0.6 is 0 Å². The lowest BCUT2D eigenvalue weighted by Crippen LogP contribution is -2.25. The fraction of sp³-hybridized carbons (Fsp3) is 0.227. The van der Waals surface area contributed by atoms with Gasteiger partial charge in [-0.05, 0) is 38.1 Å². The van der Waals surface area contributed by atoms with E-state index in [0.29, 0.717) is 35.7 Å². The summed E-state index contributed by atoms with van der Waals surface area (Å²) in [5.74, 6) is 0.316. The number of anilines is 1. The van der Waals surface area contributed by atoms with Crippen LogP contribution in [-0.2, 0) is 6.42 Å². The quantitative estimate of drug-likeness (QED) is 0.425. The number of nitrogens with zero attached hydrogens (tertiary/aromatic N) is 4. The van der Waals surface area contributed by atoms with Gasteiger partial charge in [-0.3, -0.25) is 9.78 Å². The zero-order valence-corrected chi connectivity index (χ0v) is 17.3. The molecule has 0 aliphatic carbocycles. The summed E-state index contributed by atoms with van der Waals surface area (Å²) < 4.78 is 1.41. The topological polar surface area (TPSA) is 117 Å². The number of aromatic amines is 1. The number of hydrogen-bond donors (Lipinski definition) is 3. The Labute approximate surface area is 178 Å². The molecule has 9 heteroatoms. The molecule has 0 aliphatic rings. The number of carbonyl (C=O) groups is 1. The maximum atomic E-state index is 12.6. The molecule has 1 aromatic carbocycles. The van der Waals surface area contributed by atoms with Gasteiger partial charge in [0.25, 0.3) is 5.91 Å². The molecule has 158 valence electrons. The van der Waals surface area contributed by atoms with E-state index in [9.17, 15) is 9.59 Å². The summed E-state index contributed by atoms with van der Waals surface area (Å²) in [7, 11) is 0. The average molecular weight is 417 g/mol. The van der Waals surface area contributed by atoms with Gasteiger partial charge in [0.05, 0.1) is 5.69 Å². The van der Waals surface area contributed by atoms with Gasteiger partial charge >= 0.3 is 5.69 Å². The molecule has 0 atom stereocenters. The van der Waals surface area contributed by atoms with E-state index in [4.69, 9.17) is 0 Å². The van der Waals surface area contributed by atoms with Gasteiger partial charge in [-0.25, -0.2) is 19.3 Å². The van der Waals surface area contributed by atoms with Gasteiger partial charge in [-0.15, -0.1) is 5.10 Å². The first-order valence-corrected chi connectivity index (χ1v) is 10.0. The zero-order valence-electron chi connectivity index (χ0n) is 17.3. The van der Waals surface area contributed by atoms with Crippen molar-refractivity contribution < 1.29 is 4.79 Å². The second-order valence-electron chi connectivity index (χ2n) is 7.40. The van der Waals surface area contributed by atoms with Crippen molar-refractivity contribution in [3.63, 3.8) is 0 Å². The highest BCUT2D eigenvalue weighted by molar-refractivity contribution is 5.95. The highest BCUT2D eigenvalue weighted by Crippen LogP contribution is 2.22. The van der Waals surface area contributed by atoms with E-state index in [1.807, 2.05) is 38.1 Å². The van der Waals surface area contributed by atoms with E-state index in [-0.39, 0.29) is 17.6 Å². The number of benzene rings is 1. The van der Waals surface area contributed by atoms with Crippen LogP contribution in [0.2, 0.25) is 0 Å². The van der Waals surface area contributed by atoms with Crippen molar-refractivity contribution >= 4 is 17.4 Å². The second-order valence-corrected chi connectivity index (χ2v) is 7.40. The van der Waals surface area contributed by atoms with E-state index >= 15 is 0 Å². The van der Waals surface area contributed by atoms with Crippen LogP contribution in [-0.4, -0.2) is 43.1 Å². The molecule has 3 aromatic heterocycles. The first-order valence-electron chi connectivity index (χ1n) is 10.0. The third-order valence-corrected chi connectivity index (χ3v) is 4.64. The summed E-state index contributed by atoms with van der Waals surface area (Å²) >= 11 is 0. The van der Waals surface area contributed by atoms with Crippen LogP contribution in [0.25, 0.3) is 16.9 Å². The highest BCUT2D eigenvalue weighted by Gasteiger charge is 2.14. The third-order valence-electron chi connectivity index (χ3n) is 4.64. The minimum atomic E-state index is -0.353. The Bertz CT molecular complexity index is 1260. The van der Waals surface area contributed by atoms with Crippen molar-refractivity contribution in [2.24, 2.45) is 0 Å². The van der Waals surface area contributed by atoms with Gasteiger partial charge in [0.15, 0.2) is 5.82 Å². The summed E-state index contributed by atoms with van der Waals surface area (Å²) in [5.41, 5.74) is 2.78. The fourth-order valence-electron chi connectivity index (χ4n) is 3.19. The molecule has 4 aromatic rings. The van der Waals surface area contributed by atoms with E-state index in [1.54, 1.807) is 30.6 Å². The number of H-pyrrole nitrogens is 1. The molecule has 31 heavy (non-hydrogen) atoms. The van der Waals surface area contributed by atoms with Crippen LogP contribution in [0.1, 0.15) is 29.9 Å². The smallest absolute Gasteiger partial charge is 0.347 e. The summed E-state index contributed by atoms with van der Waals surface area (Å²) in [6.45, 7) is 4.44. The fourth-order valence-corrected chi connectivity index (χ4v) is 3.19. The molecule has 0 unspecified atom stereocenters. The lowest BCUT2D eigenvalue weighted by atomic mass is 10.1. The largest absolute Gasteiger partial charge is 0.365 e. The molecule has 3 N–H and O–H groups in total. The van der Waals surface area contributed by atoms with Crippen molar-refractivity contribution in [1.82, 2.24) is 29.9 Å². The maximum Gasteiger partial charge on any atom is 0.347 e. The van der Waals surface area contributed by atoms with Gasteiger partial charge in [0, 0.05) is 48.2 Å². The summed E-state index contributed by atoms with van der Waals surface area (Å²) in [5, 5.41) is 12.6. The Kier molecular flexibility index (Phi) is 5.74. The predicted octanol–water partition coefficient (Wildman–Crippen LogP) is 2.27. The Hall–Kier alpha value is -4.01. The monoisotopic (exact) mass is 417 g/mol. The van der Waals surface area contributed by atoms with Crippen LogP contribution in [0.3, 0.4) is 0 Å². The van der Waals surface area contributed by atoms with Gasteiger partial charge in [0.2, 0.25) is 5.65 Å². The molecule has 0 aliphatic heterocycles. The minimum absolute atomic E-state index is 0.106. The number of hydrogen-bond acceptors (Lipinski definition) is 6. The van der Waals surface area contributed by atoms with Crippen molar-refractivity contribution in [3.05, 3.63) is 76.6 Å². The summed E-state index contributed by atoms with van der Waals surface area (Å²) in [6.07, 6.45) is 4.00. The van der Waals surface area contributed by atoms with Crippen molar-refractivity contribution in [2.45, 2.75) is 26.3 Å². The van der Waals surface area contributed by atoms with Gasteiger partial charge in [-0.2, -0.15) is 0 Å². The molecule has 0 radical (unpaired) electrons. The lowest BCUT2D eigenvalue weighted by molar-refractivity contribution is 0.0954. The first-order chi connectivity index (χ1) is 15.0. The summed E-state index contributed by atoms with van der Waals surface area (Å²) in [6, 6.07) is 13.0. The number of pyridine rings is 1. The number of nitrogens with one attached hydrogen (secondary N) is 3. The Morgan fingerprint density at radius 1 is 1.19 bits per heavy atom. The molecule has 0 saturated carbocycles. The van der Waals surface area contributed by atoms with Crippen molar-refractivity contribution in [3.8, 4) is 11.3 Å². The summed E-state index contributed by atoms with van der Waals surface area (Å²) in [4.78, 5) is 33.6. The van der Waals surface area contributed by atoms with Crippen LogP contribution in [0.5, 0.6) is 0 Å². The number of rotatable bonds is 7. The highest BCUT2D eigenvalue weighted by atomic mass is 16.2. The molecule has 1 amide bonds. The van der Waals surface area contributed by atoms with Crippen molar-refractivity contribution in [1.29, 1.82) is 0 Å². The normalized spacial score (nSPS) is 11.1. The molecule has 9 nitrogen and oxygen atoms in total. The Balaban J connectivity index is 1.57. The second kappa shape index (κ2) is 8.78. The van der Waals surface area contributed by atoms with Crippen LogP contribution in [0.15, 0.2) is 59.7 Å². The van der Waals surface area contributed by atoms with Crippen LogP contribution in [0.4, 0.5) is 5.82 Å². The average Bonchev–Trinajstić information content (AvgIpc) is 3.15. The number of amides is 1. The number of aromatic nitrogens is 5. The third kappa shape index (κ3) is 4.61. The van der Waals surface area contributed by atoms with Gasteiger partial charge < -0.3 is 10.6 Å². The standard InChI is InChI=1S/C22H23N7O2/c1-14(2)25-19-20-27-28-22(31)29(20)13-18(26-19)15-6-5-7-16(12-15)21(30)24-11-9-17-8-3-4-10-23-17/h3-8,10,12-14H,9,11H2,1-2H3,(H,24,30)(H,25,26)(H,28,31). The lowest BCUT2D eigenvalue weighted by Gasteiger charge is -2.12. The Morgan fingerprint density at radius 2 is 2.06 bits per heavy atom. The predicted molar refractivity (Wildman–Crippen MR) is 118 cm³/mol. The first kappa shape index (κ1) is 20.3. The molecule has 0 fully saturated rings. The van der Waals surface area contributed by atoms with E-state index < -0.39 is 0 Å². The van der Waals surface area contributed by atoms with Crippen molar-refractivity contribution in [2.75, 3.05) is 11.9 Å². The zero-order chi connectivity index (χ0) is 21.8. The minimum Gasteiger partial charge on any atom is -0.365 e.